The predicted octanol–water partition coefficient (Wildman–Crippen LogP) is 1.35. The van der Waals surface area contributed by atoms with Gasteiger partial charge in [-0.2, -0.15) is 5.10 Å². The molecule has 8 heteroatoms. The average Bonchev–Trinajstić information content (AvgIpc) is 2.89. The summed E-state index contributed by atoms with van der Waals surface area (Å²) in [5.74, 6) is 1.12. The van der Waals surface area contributed by atoms with Crippen molar-refractivity contribution >= 4 is 15.8 Å². The van der Waals surface area contributed by atoms with Gasteiger partial charge in [-0.1, -0.05) is 0 Å². The Bertz CT molecular complexity index is 753. The van der Waals surface area contributed by atoms with Crippen LogP contribution in [-0.2, 0) is 10.0 Å². The molecular weight excluding hydrogens is 294 g/mol. The minimum Gasteiger partial charge on any atom is -0.497 e. The number of ether oxygens (including phenoxy) is 2. The molecule has 0 aliphatic carbocycles. The molecule has 0 spiro atoms. The van der Waals surface area contributed by atoms with E-state index in [1.165, 1.54) is 20.1 Å². The average molecular weight is 311 g/mol. The number of aromatic nitrogens is 2. The van der Waals surface area contributed by atoms with Gasteiger partial charge in [0.2, 0.25) is 0 Å². The van der Waals surface area contributed by atoms with E-state index in [2.05, 4.69) is 5.10 Å². The Labute approximate surface area is 123 Å². The summed E-state index contributed by atoms with van der Waals surface area (Å²) >= 11 is 0. The van der Waals surface area contributed by atoms with E-state index in [1.54, 1.807) is 25.3 Å². The van der Waals surface area contributed by atoms with Gasteiger partial charge in [0.1, 0.15) is 17.3 Å². The van der Waals surface area contributed by atoms with Crippen LogP contribution in [0.1, 0.15) is 6.92 Å². The molecule has 0 radical (unpaired) electrons. The monoisotopic (exact) mass is 311 g/mol. The summed E-state index contributed by atoms with van der Waals surface area (Å²) in [5, 5.41) is 4.07. The van der Waals surface area contributed by atoms with Crippen molar-refractivity contribution in [3.8, 4) is 22.8 Å². The summed E-state index contributed by atoms with van der Waals surface area (Å²) in [6, 6.07) is 6.67. The Kier molecular flexibility index (Phi) is 4.08. The SMILES string of the molecule is CCS(=O)(=O)n1nc(-c2ccc(OC)cc2OC)cc1N. The second kappa shape index (κ2) is 5.65. The van der Waals surface area contributed by atoms with Gasteiger partial charge in [-0.05, 0) is 19.1 Å². The van der Waals surface area contributed by atoms with E-state index in [4.69, 9.17) is 15.2 Å². The van der Waals surface area contributed by atoms with Crippen molar-refractivity contribution in [2.75, 3.05) is 25.7 Å². The Morgan fingerprint density at radius 3 is 2.52 bits per heavy atom. The second-order valence-electron chi connectivity index (χ2n) is 4.26. The zero-order chi connectivity index (χ0) is 15.6. The molecule has 0 bridgehead atoms. The first-order chi connectivity index (χ1) is 9.92. The van der Waals surface area contributed by atoms with Gasteiger partial charge in [0.25, 0.3) is 10.0 Å². The molecule has 1 aromatic heterocycles. The lowest BCUT2D eigenvalue weighted by Gasteiger charge is -2.08. The van der Waals surface area contributed by atoms with Gasteiger partial charge in [0, 0.05) is 17.7 Å². The molecule has 0 atom stereocenters. The molecule has 1 aromatic carbocycles. The summed E-state index contributed by atoms with van der Waals surface area (Å²) in [6.45, 7) is 1.53. The van der Waals surface area contributed by atoms with Crippen LogP contribution in [0.3, 0.4) is 0 Å². The van der Waals surface area contributed by atoms with E-state index in [1.807, 2.05) is 0 Å². The first kappa shape index (κ1) is 15.2. The van der Waals surface area contributed by atoms with Gasteiger partial charge in [0.05, 0.1) is 25.7 Å². The largest absolute Gasteiger partial charge is 0.497 e. The highest BCUT2D eigenvalue weighted by molar-refractivity contribution is 7.89. The maximum absolute atomic E-state index is 11.9. The molecule has 21 heavy (non-hydrogen) atoms. The minimum atomic E-state index is -3.53. The van der Waals surface area contributed by atoms with Crippen LogP contribution in [0.25, 0.3) is 11.3 Å². The standard InChI is InChI=1S/C13H17N3O4S/c1-4-21(17,18)16-13(14)8-11(15-16)10-6-5-9(19-2)7-12(10)20-3/h5-8H,4,14H2,1-3H3. The summed E-state index contributed by atoms with van der Waals surface area (Å²) in [5.41, 5.74) is 6.80. The topological polar surface area (TPSA) is 96.4 Å². The number of methoxy groups -OCH3 is 2. The lowest BCUT2D eigenvalue weighted by atomic mass is 10.1. The molecule has 2 rings (SSSR count). The van der Waals surface area contributed by atoms with E-state index in [0.29, 0.717) is 22.8 Å². The third-order valence-corrected chi connectivity index (χ3v) is 4.57. The number of nitrogen functional groups attached to an aromatic ring is 1. The molecule has 0 unspecified atom stereocenters. The number of anilines is 1. The Morgan fingerprint density at radius 1 is 1.24 bits per heavy atom. The lowest BCUT2D eigenvalue weighted by Crippen LogP contribution is -2.18. The van der Waals surface area contributed by atoms with E-state index < -0.39 is 10.0 Å². The number of benzene rings is 1. The van der Waals surface area contributed by atoms with Crippen molar-refractivity contribution < 1.29 is 17.9 Å². The van der Waals surface area contributed by atoms with Gasteiger partial charge in [0.15, 0.2) is 0 Å². The molecule has 0 amide bonds. The van der Waals surface area contributed by atoms with Crippen molar-refractivity contribution in [3.63, 3.8) is 0 Å². The fraction of sp³-hybridized carbons (Fsp3) is 0.308. The van der Waals surface area contributed by atoms with Crippen LogP contribution in [0, 0.1) is 0 Å². The molecule has 0 aliphatic heterocycles. The third kappa shape index (κ3) is 2.80. The molecule has 0 aliphatic rings. The molecule has 0 saturated carbocycles. The van der Waals surface area contributed by atoms with Crippen LogP contribution in [0.2, 0.25) is 0 Å². The minimum absolute atomic E-state index is 0.0599. The fourth-order valence-electron chi connectivity index (χ4n) is 1.87. The number of rotatable bonds is 5. The zero-order valence-corrected chi connectivity index (χ0v) is 12.8. The van der Waals surface area contributed by atoms with Crippen molar-refractivity contribution in [3.05, 3.63) is 24.3 Å². The second-order valence-corrected chi connectivity index (χ2v) is 6.35. The third-order valence-electron chi connectivity index (χ3n) is 3.02. The molecule has 2 N–H and O–H groups in total. The highest BCUT2D eigenvalue weighted by Gasteiger charge is 2.19. The van der Waals surface area contributed by atoms with Crippen LogP contribution in [0.4, 0.5) is 5.82 Å². The zero-order valence-electron chi connectivity index (χ0n) is 12.0. The van der Waals surface area contributed by atoms with Gasteiger partial charge in [-0.15, -0.1) is 4.09 Å². The first-order valence-electron chi connectivity index (χ1n) is 6.24. The quantitative estimate of drug-likeness (QED) is 0.895. The predicted molar refractivity (Wildman–Crippen MR) is 80.0 cm³/mol. The molecule has 1 heterocycles. The van der Waals surface area contributed by atoms with Crippen LogP contribution in [0.5, 0.6) is 11.5 Å². The summed E-state index contributed by atoms with van der Waals surface area (Å²) in [7, 11) is -0.468. The number of hydrogen-bond donors (Lipinski definition) is 1. The molecular formula is C13H17N3O4S. The van der Waals surface area contributed by atoms with E-state index >= 15 is 0 Å². The van der Waals surface area contributed by atoms with Crippen molar-refractivity contribution in [2.45, 2.75) is 6.92 Å². The van der Waals surface area contributed by atoms with E-state index in [9.17, 15) is 8.42 Å². The van der Waals surface area contributed by atoms with Crippen molar-refractivity contribution in [1.82, 2.24) is 9.19 Å². The normalized spacial score (nSPS) is 11.4. The van der Waals surface area contributed by atoms with Crippen LogP contribution < -0.4 is 15.2 Å². The van der Waals surface area contributed by atoms with Crippen LogP contribution in [-0.4, -0.2) is 37.6 Å². The molecule has 0 fully saturated rings. The molecule has 0 saturated heterocycles. The van der Waals surface area contributed by atoms with E-state index in [-0.39, 0.29) is 11.6 Å². The Balaban J connectivity index is 2.56. The lowest BCUT2D eigenvalue weighted by molar-refractivity contribution is 0.395. The summed E-state index contributed by atoms with van der Waals surface area (Å²) in [6.07, 6.45) is 0. The van der Waals surface area contributed by atoms with Crippen LogP contribution >= 0.6 is 0 Å². The van der Waals surface area contributed by atoms with Crippen molar-refractivity contribution in [2.24, 2.45) is 0 Å². The molecule has 2 aromatic rings. The smallest absolute Gasteiger partial charge is 0.255 e. The molecule has 7 nitrogen and oxygen atoms in total. The van der Waals surface area contributed by atoms with Crippen LogP contribution in [0.15, 0.2) is 24.3 Å². The van der Waals surface area contributed by atoms with Gasteiger partial charge in [-0.25, -0.2) is 8.42 Å². The highest BCUT2D eigenvalue weighted by Crippen LogP contribution is 2.33. The van der Waals surface area contributed by atoms with Crippen molar-refractivity contribution in [1.29, 1.82) is 0 Å². The Hall–Kier alpha value is -2.22. The molecule has 114 valence electrons. The Morgan fingerprint density at radius 2 is 1.95 bits per heavy atom. The summed E-state index contributed by atoms with van der Waals surface area (Å²) < 4.78 is 35.0. The first-order valence-corrected chi connectivity index (χ1v) is 7.85. The highest BCUT2D eigenvalue weighted by atomic mass is 32.2. The number of hydrogen-bond acceptors (Lipinski definition) is 6. The van der Waals surface area contributed by atoms with Gasteiger partial charge in [-0.3, -0.25) is 0 Å². The number of nitrogens with two attached hydrogens (primary N) is 1. The van der Waals surface area contributed by atoms with Gasteiger partial charge < -0.3 is 15.2 Å². The maximum atomic E-state index is 11.9. The maximum Gasteiger partial charge on any atom is 0.255 e. The fourth-order valence-corrected chi connectivity index (χ4v) is 2.70. The van der Waals surface area contributed by atoms with Gasteiger partial charge >= 0.3 is 0 Å². The summed E-state index contributed by atoms with van der Waals surface area (Å²) in [4.78, 5) is 0. The number of nitrogens with zero attached hydrogens (tertiary/aromatic N) is 2. The van der Waals surface area contributed by atoms with E-state index in [0.717, 1.165) is 4.09 Å².